The van der Waals surface area contributed by atoms with Gasteiger partial charge in [0.2, 0.25) is 0 Å². The van der Waals surface area contributed by atoms with Crippen LogP contribution in [0.3, 0.4) is 0 Å². The van der Waals surface area contributed by atoms with Crippen LogP contribution in [-0.4, -0.2) is 55.4 Å². The number of aromatic nitrogens is 2. The zero-order valence-corrected chi connectivity index (χ0v) is 21.9. The molecule has 3 rings (SSSR count). The van der Waals surface area contributed by atoms with E-state index in [1.807, 2.05) is 0 Å². The number of carboxylic acids is 1. The summed E-state index contributed by atoms with van der Waals surface area (Å²) in [6.45, 7) is 2.08. The number of carboxylic acid groups (broad SMARTS) is 1. The Labute approximate surface area is 212 Å². The number of nitrogens with one attached hydrogen (secondary N) is 1. The first-order valence-corrected chi connectivity index (χ1v) is 13.4. The summed E-state index contributed by atoms with van der Waals surface area (Å²) in [5, 5.41) is 20.1. The minimum absolute atomic E-state index is 0.0270. The highest BCUT2D eigenvalue weighted by Crippen LogP contribution is 2.49. The van der Waals surface area contributed by atoms with E-state index >= 15 is 0 Å². The van der Waals surface area contributed by atoms with Gasteiger partial charge in [0.15, 0.2) is 6.17 Å². The van der Waals surface area contributed by atoms with Crippen LogP contribution in [-0.2, 0) is 13.9 Å². The van der Waals surface area contributed by atoms with E-state index < -0.39 is 54.5 Å². The van der Waals surface area contributed by atoms with E-state index in [0.29, 0.717) is 0 Å². The number of halogens is 2. The first kappa shape index (κ1) is 26.9. The van der Waals surface area contributed by atoms with E-state index in [9.17, 15) is 28.8 Å². The van der Waals surface area contributed by atoms with Crippen LogP contribution in [0.15, 0.2) is 41.3 Å². The molecule has 2 aromatic rings. The van der Waals surface area contributed by atoms with Crippen LogP contribution in [0.25, 0.3) is 0 Å². The largest absolute Gasteiger partial charge is 0.480 e. The highest BCUT2D eigenvalue weighted by atomic mass is 127. The number of aliphatic hydroxyl groups excluding tert-OH is 1. The molecule has 15 heteroatoms. The molecule has 34 heavy (non-hydrogen) atoms. The van der Waals surface area contributed by atoms with E-state index in [-0.39, 0.29) is 11.6 Å². The molecular formula is C19H23FIN4O7PS. The average molecular weight is 628 g/mol. The van der Waals surface area contributed by atoms with Gasteiger partial charge in [0, 0.05) is 9.77 Å². The number of aliphatic hydroxyl groups is 1. The van der Waals surface area contributed by atoms with Gasteiger partial charge in [0.05, 0.1) is 11.9 Å². The fourth-order valence-electron chi connectivity index (χ4n) is 2.96. The average Bonchev–Trinajstić information content (AvgIpc) is 3.02. The minimum Gasteiger partial charge on any atom is -0.480 e. The van der Waals surface area contributed by atoms with E-state index in [2.05, 4.69) is 32.7 Å². The lowest BCUT2D eigenvalue weighted by atomic mass is 10.1. The van der Waals surface area contributed by atoms with Crippen molar-refractivity contribution in [2.75, 3.05) is 12.3 Å². The number of benzene rings is 1. The van der Waals surface area contributed by atoms with E-state index in [1.54, 1.807) is 12.1 Å². The molecule has 0 saturated carbocycles. The van der Waals surface area contributed by atoms with Crippen molar-refractivity contribution >= 4 is 53.9 Å². The fraction of sp³-hybridized carbons (Fsp3) is 0.421. The normalized spacial score (nSPS) is 24.5. The summed E-state index contributed by atoms with van der Waals surface area (Å²) in [5.41, 5.74) is 2.98. The number of aliphatic carboxylic acids is 1. The lowest BCUT2D eigenvalue weighted by molar-refractivity contribution is -0.142. The summed E-state index contributed by atoms with van der Waals surface area (Å²) in [7, 11) is -4.32. The number of nitrogens with two attached hydrogens (primary N) is 1. The summed E-state index contributed by atoms with van der Waals surface area (Å²) >= 11 is 2.95. The molecule has 186 valence electrons. The molecule has 1 saturated heterocycles. The monoisotopic (exact) mass is 628 g/mol. The lowest BCUT2D eigenvalue weighted by Gasteiger charge is -2.28. The molecule has 0 bridgehead atoms. The number of carbonyl (C=O) groups is 1. The van der Waals surface area contributed by atoms with Gasteiger partial charge in [0.1, 0.15) is 28.6 Å². The van der Waals surface area contributed by atoms with Crippen LogP contribution >= 0.6 is 42.1 Å². The Balaban J connectivity index is 1.79. The van der Waals surface area contributed by atoms with Crippen LogP contribution in [0.5, 0.6) is 5.75 Å². The summed E-state index contributed by atoms with van der Waals surface area (Å²) in [6, 6.07) is 7.76. The number of nitrogen functional groups attached to an aromatic ring is 1. The third kappa shape index (κ3) is 6.29. The van der Waals surface area contributed by atoms with Crippen molar-refractivity contribution in [3.8, 4) is 5.75 Å². The van der Waals surface area contributed by atoms with Crippen molar-refractivity contribution in [1.29, 1.82) is 0 Å². The summed E-state index contributed by atoms with van der Waals surface area (Å²) in [5.74, 6) is -1.18. The SMILES string of the molecule is CC(C)(NP(=O)(OC[C@H]1S[C@@H](n2ccc(N)nc2=O)[C@@H](F)[C@@H]1O)Oc1ccc(I)cc1)C(=O)O. The highest BCUT2D eigenvalue weighted by molar-refractivity contribution is 14.1. The first-order valence-electron chi connectivity index (χ1n) is 9.86. The van der Waals surface area contributed by atoms with Gasteiger partial charge >= 0.3 is 19.4 Å². The third-order valence-electron chi connectivity index (χ3n) is 4.82. The number of hydrogen-bond acceptors (Lipinski definition) is 9. The number of thioether (sulfide) groups is 1. The van der Waals surface area contributed by atoms with Gasteiger partial charge in [-0.2, -0.15) is 10.1 Å². The number of rotatable bonds is 9. The maximum atomic E-state index is 14.8. The van der Waals surface area contributed by atoms with Crippen molar-refractivity contribution in [3.05, 3.63) is 50.6 Å². The maximum absolute atomic E-state index is 14.8. The molecule has 1 aromatic carbocycles. The second kappa shape index (κ2) is 10.5. The molecule has 5 atom stereocenters. The Kier molecular flexibility index (Phi) is 8.30. The standard InChI is InChI=1S/C19H23FIN4O7PS/c1-19(2,17(27)28)24-33(30,32-11-5-3-10(21)4-6-11)31-9-12-15(26)14(20)16(34-12)25-8-7-13(22)23-18(25)29/h3-8,12,14-16,26H,9H2,1-2H3,(H,24,30)(H,27,28)(H2,22,23,29)/t12-,14+,15-,16-,33?/m1/s1. The van der Waals surface area contributed by atoms with E-state index in [0.717, 1.165) is 19.9 Å². The molecule has 1 aliphatic rings. The Bertz CT molecular complexity index is 1150. The Morgan fingerprint density at radius 3 is 2.62 bits per heavy atom. The van der Waals surface area contributed by atoms with Crippen molar-refractivity contribution in [2.45, 2.75) is 42.3 Å². The summed E-state index contributed by atoms with van der Waals surface area (Å²) in [4.78, 5) is 27.2. The van der Waals surface area contributed by atoms with Gasteiger partial charge in [-0.25, -0.2) is 13.8 Å². The predicted molar refractivity (Wildman–Crippen MR) is 132 cm³/mol. The summed E-state index contributed by atoms with van der Waals surface area (Å²) in [6.07, 6.45) is -2.16. The number of nitrogens with zero attached hydrogens (tertiary/aromatic N) is 2. The molecule has 2 heterocycles. The molecule has 0 amide bonds. The van der Waals surface area contributed by atoms with Crippen LogP contribution in [0.1, 0.15) is 19.2 Å². The van der Waals surface area contributed by atoms with Gasteiger partial charge in [-0.05, 0) is 66.8 Å². The van der Waals surface area contributed by atoms with Gasteiger partial charge < -0.3 is 20.5 Å². The molecule has 1 aliphatic heterocycles. The van der Waals surface area contributed by atoms with Crippen molar-refractivity contribution < 1.29 is 33.0 Å². The quantitative estimate of drug-likeness (QED) is 0.238. The molecule has 0 radical (unpaired) electrons. The number of hydrogen-bond donors (Lipinski definition) is 4. The topological polar surface area (TPSA) is 166 Å². The Hall–Kier alpha value is -1.71. The zero-order chi connectivity index (χ0) is 25.3. The van der Waals surface area contributed by atoms with Crippen molar-refractivity contribution in [1.82, 2.24) is 14.6 Å². The minimum atomic E-state index is -4.32. The lowest BCUT2D eigenvalue weighted by Crippen LogP contribution is -2.46. The van der Waals surface area contributed by atoms with E-state index in [1.165, 1.54) is 38.2 Å². The first-order chi connectivity index (χ1) is 15.8. The van der Waals surface area contributed by atoms with Crippen LogP contribution in [0, 0.1) is 3.57 Å². The van der Waals surface area contributed by atoms with Crippen molar-refractivity contribution in [2.24, 2.45) is 0 Å². The third-order valence-corrected chi connectivity index (χ3v) is 8.84. The molecule has 1 aromatic heterocycles. The molecular weight excluding hydrogens is 605 g/mol. The molecule has 0 spiro atoms. The highest BCUT2D eigenvalue weighted by Gasteiger charge is 2.47. The maximum Gasteiger partial charge on any atom is 0.459 e. The smallest absolute Gasteiger partial charge is 0.459 e. The second-order valence-electron chi connectivity index (χ2n) is 7.92. The van der Waals surface area contributed by atoms with Gasteiger partial charge in [-0.15, -0.1) is 11.8 Å². The van der Waals surface area contributed by atoms with Gasteiger partial charge in [-0.1, -0.05) is 0 Å². The van der Waals surface area contributed by atoms with E-state index in [4.69, 9.17) is 14.8 Å². The van der Waals surface area contributed by atoms with Crippen LogP contribution < -0.4 is 21.0 Å². The molecule has 1 fully saturated rings. The molecule has 5 N–H and O–H groups in total. The molecule has 11 nitrogen and oxygen atoms in total. The van der Waals surface area contributed by atoms with Gasteiger partial charge in [0.25, 0.3) is 0 Å². The fourth-order valence-corrected chi connectivity index (χ4v) is 6.54. The van der Waals surface area contributed by atoms with Crippen LogP contribution in [0.2, 0.25) is 0 Å². The zero-order valence-electron chi connectivity index (χ0n) is 18.0. The number of anilines is 1. The van der Waals surface area contributed by atoms with Crippen LogP contribution in [0.4, 0.5) is 10.2 Å². The van der Waals surface area contributed by atoms with Crippen molar-refractivity contribution in [3.63, 3.8) is 0 Å². The summed E-state index contributed by atoms with van der Waals surface area (Å²) < 4.78 is 41.2. The number of alkyl halides is 1. The molecule has 1 unspecified atom stereocenters. The van der Waals surface area contributed by atoms with Gasteiger partial charge in [-0.3, -0.25) is 13.9 Å². The Morgan fingerprint density at radius 2 is 2.03 bits per heavy atom. The predicted octanol–water partition coefficient (Wildman–Crippen LogP) is 2.40. The Morgan fingerprint density at radius 1 is 1.38 bits per heavy atom. The second-order valence-corrected chi connectivity index (χ2v) is 12.2. The molecule has 0 aliphatic carbocycles.